The molecule has 0 aromatic heterocycles. The highest BCUT2D eigenvalue weighted by Gasteiger charge is 2.20. The lowest BCUT2D eigenvalue weighted by Gasteiger charge is -2.26. The Balaban J connectivity index is 2.15. The molecule has 0 radical (unpaired) electrons. The van der Waals surface area contributed by atoms with Gasteiger partial charge in [0.2, 0.25) is 0 Å². The summed E-state index contributed by atoms with van der Waals surface area (Å²) >= 11 is 0. The third-order valence-corrected chi connectivity index (χ3v) is 3.89. The molecule has 20 heavy (non-hydrogen) atoms. The number of likely N-dealkylation sites (N-methyl/N-ethyl adjacent to an activating group) is 1. The van der Waals surface area contributed by atoms with Crippen LogP contribution in [0.5, 0.6) is 0 Å². The summed E-state index contributed by atoms with van der Waals surface area (Å²) in [5, 5.41) is 3.42. The van der Waals surface area contributed by atoms with Gasteiger partial charge in [0.05, 0.1) is 0 Å². The maximum Gasteiger partial charge on any atom is 0.123 e. The van der Waals surface area contributed by atoms with Crippen LogP contribution in [-0.4, -0.2) is 13.1 Å². The zero-order valence-electron chi connectivity index (χ0n) is 12.1. The van der Waals surface area contributed by atoms with Gasteiger partial charge in [-0.2, -0.15) is 0 Å². The Hall–Kier alpha value is -1.67. The maximum absolute atomic E-state index is 13.0. The van der Waals surface area contributed by atoms with E-state index in [4.69, 9.17) is 0 Å². The van der Waals surface area contributed by atoms with Crippen molar-refractivity contribution < 1.29 is 4.39 Å². The van der Waals surface area contributed by atoms with Crippen molar-refractivity contribution in [2.24, 2.45) is 0 Å². The summed E-state index contributed by atoms with van der Waals surface area (Å²) < 4.78 is 13.0. The van der Waals surface area contributed by atoms with Crippen LogP contribution >= 0.6 is 0 Å². The van der Waals surface area contributed by atoms with Gasteiger partial charge in [0.1, 0.15) is 5.82 Å². The summed E-state index contributed by atoms with van der Waals surface area (Å²) in [6.45, 7) is 2.21. The Kier molecular flexibility index (Phi) is 5.31. The normalized spacial score (nSPS) is 13.9. The zero-order valence-corrected chi connectivity index (χ0v) is 12.1. The fourth-order valence-electron chi connectivity index (χ4n) is 2.77. The van der Waals surface area contributed by atoms with Crippen LogP contribution in [-0.2, 0) is 6.42 Å². The molecule has 1 nitrogen and oxygen atoms in total. The fraction of sp³-hybridized carbons (Fsp3) is 0.333. The molecular formula is C18H22FN. The van der Waals surface area contributed by atoms with Crippen molar-refractivity contribution in [1.29, 1.82) is 0 Å². The van der Waals surface area contributed by atoms with Crippen LogP contribution in [0.4, 0.5) is 4.39 Å². The first-order chi connectivity index (χ1) is 9.74. The molecule has 0 aliphatic heterocycles. The number of halogens is 1. The highest BCUT2D eigenvalue weighted by atomic mass is 19.1. The van der Waals surface area contributed by atoms with Crippen LogP contribution in [0.25, 0.3) is 0 Å². The van der Waals surface area contributed by atoms with E-state index >= 15 is 0 Å². The first-order valence-corrected chi connectivity index (χ1v) is 7.21. The Morgan fingerprint density at radius 2 is 1.65 bits per heavy atom. The van der Waals surface area contributed by atoms with E-state index in [-0.39, 0.29) is 5.82 Å². The monoisotopic (exact) mass is 271 g/mol. The minimum atomic E-state index is -0.176. The third-order valence-electron chi connectivity index (χ3n) is 3.89. The minimum Gasteiger partial charge on any atom is -0.316 e. The molecule has 0 heterocycles. The summed E-state index contributed by atoms with van der Waals surface area (Å²) in [6, 6.07) is 17.8. The summed E-state index contributed by atoms with van der Waals surface area (Å²) in [5.41, 5.74) is 2.52. The van der Waals surface area contributed by atoms with E-state index in [9.17, 15) is 4.39 Å². The Bertz CT molecular complexity index is 507. The number of rotatable bonds is 6. The van der Waals surface area contributed by atoms with Crippen LogP contribution in [0, 0.1) is 5.82 Å². The van der Waals surface area contributed by atoms with Crippen LogP contribution in [0.3, 0.4) is 0 Å². The smallest absolute Gasteiger partial charge is 0.123 e. The quantitative estimate of drug-likeness (QED) is 0.832. The maximum atomic E-state index is 13.0. The predicted molar refractivity (Wildman–Crippen MR) is 82.4 cm³/mol. The molecule has 0 spiro atoms. The molecule has 2 unspecified atom stereocenters. The van der Waals surface area contributed by atoms with Gasteiger partial charge in [0.25, 0.3) is 0 Å². The standard InChI is InChI=1S/C18H22FN/c1-3-17(15-7-5-4-6-8-15)18(20-2)13-14-9-11-16(19)12-10-14/h4-12,17-18,20H,3,13H2,1-2H3. The summed E-state index contributed by atoms with van der Waals surface area (Å²) in [6.07, 6.45) is 1.99. The summed E-state index contributed by atoms with van der Waals surface area (Å²) in [7, 11) is 2.00. The van der Waals surface area contributed by atoms with Crippen molar-refractivity contribution in [2.45, 2.75) is 31.7 Å². The average molecular weight is 271 g/mol. The second kappa shape index (κ2) is 7.20. The molecule has 0 saturated carbocycles. The Morgan fingerprint density at radius 1 is 1.00 bits per heavy atom. The van der Waals surface area contributed by atoms with E-state index in [1.807, 2.05) is 25.2 Å². The van der Waals surface area contributed by atoms with Gasteiger partial charge in [0.15, 0.2) is 0 Å². The highest BCUT2D eigenvalue weighted by Crippen LogP contribution is 2.25. The Labute approximate surface area is 120 Å². The number of nitrogens with one attached hydrogen (secondary N) is 1. The second-order valence-electron chi connectivity index (χ2n) is 5.15. The van der Waals surface area contributed by atoms with E-state index in [1.165, 1.54) is 23.3 Å². The predicted octanol–water partition coefficient (Wildman–Crippen LogP) is 4.15. The van der Waals surface area contributed by atoms with E-state index < -0.39 is 0 Å². The number of benzene rings is 2. The molecule has 2 rings (SSSR count). The van der Waals surface area contributed by atoms with Gasteiger partial charge in [-0.1, -0.05) is 49.4 Å². The minimum absolute atomic E-state index is 0.176. The lowest BCUT2D eigenvalue weighted by Crippen LogP contribution is -2.34. The molecule has 2 aromatic rings. The molecule has 0 bridgehead atoms. The molecule has 1 N–H and O–H groups in total. The van der Waals surface area contributed by atoms with Crippen LogP contribution in [0.2, 0.25) is 0 Å². The van der Waals surface area contributed by atoms with Gasteiger partial charge in [-0.25, -0.2) is 4.39 Å². The molecule has 106 valence electrons. The van der Waals surface area contributed by atoms with Gasteiger partial charge in [0, 0.05) is 6.04 Å². The summed E-state index contributed by atoms with van der Waals surface area (Å²) in [5.74, 6) is 0.288. The SMILES string of the molecule is CCC(c1ccccc1)C(Cc1ccc(F)cc1)NC. The van der Waals surface area contributed by atoms with Crippen molar-refractivity contribution in [1.82, 2.24) is 5.32 Å². The molecular weight excluding hydrogens is 249 g/mol. The third kappa shape index (κ3) is 3.67. The number of hydrogen-bond acceptors (Lipinski definition) is 1. The molecule has 2 atom stereocenters. The number of hydrogen-bond donors (Lipinski definition) is 1. The van der Waals surface area contributed by atoms with Gasteiger partial charge in [-0.15, -0.1) is 0 Å². The van der Waals surface area contributed by atoms with Gasteiger partial charge < -0.3 is 5.32 Å². The molecule has 0 aliphatic carbocycles. The molecule has 0 aliphatic rings. The van der Waals surface area contributed by atoms with Gasteiger partial charge >= 0.3 is 0 Å². The topological polar surface area (TPSA) is 12.0 Å². The summed E-state index contributed by atoms with van der Waals surface area (Å²) in [4.78, 5) is 0. The van der Waals surface area contributed by atoms with Gasteiger partial charge in [-0.3, -0.25) is 0 Å². The lowest BCUT2D eigenvalue weighted by atomic mass is 9.86. The first-order valence-electron chi connectivity index (χ1n) is 7.21. The largest absolute Gasteiger partial charge is 0.316 e. The molecule has 0 saturated heterocycles. The zero-order chi connectivity index (χ0) is 14.4. The van der Waals surface area contributed by atoms with Crippen LogP contribution in [0.1, 0.15) is 30.4 Å². The second-order valence-corrected chi connectivity index (χ2v) is 5.15. The molecule has 2 aromatic carbocycles. The van der Waals surface area contributed by atoms with Gasteiger partial charge in [-0.05, 0) is 49.1 Å². The molecule has 0 fully saturated rings. The molecule has 0 amide bonds. The van der Waals surface area contributed by atoms with Crippen molar-refractivity contribution in [2.75, 3.05) is 7.05 Å². The molecule has 2 heteroatoms. The Morgan fingerprint density at radius 3 is 2.20 bits per heavy atom. The van der Waals surface area contributed by atoms with Crippen LogP contribution in [0.15, 0.2) is 54.6 Å². The first kappa shape index (κ1) is 14.7. The highest BCUT2D eigenvalue weighted by molar-refractivity contribution is 5.24. The van der Waals surface area contributed by atoms with E-state index in [2.05, 4.69) is 36.5 Å². The fourth-order valence-corrected chi connectivity index (χ4v) is 2.77. The van der Waals surface area contributed by atoms with Crippen molar-refractivity contribution in [3.63, 3.8) is 0 Å². The van der Waals surface area contributed by atoms with Crippen molar-refractivity contribution >= 4 is 0 Å². The van der Waals surface area contributed by atoms with E-state index in [1.54, 1.807) is 0 Å². The van der Waals surface area contributed by atoms with E-state index in [0.29, 0.717) is 12.0 Å². The van der Waals surface area contributed by atoms with E-state index in [0.717, 1.165) is 12.8 Å². The lowest BCUT2D eigenvalue weighted by molar-refractivity contribution is 0.448. The average Bonchev–Trinajstić information content (AvgIpc) is 2.50. The van der Waals surface area contributed by atoms with Crippen molar-refractivity contribution in [3.05, 3.63) is 71.5 Å². The van der Waals surface area contributed by atoms with Crippen molar-refractivity contribution in [3.8, 4) is 0 Å². The van der Waals surface area contributed by atoms with Crippen LogP contribution < -0.4 is 5.32 Å².